The van der Waals surface area contributed by atoms with Gasteiger partial charge in [-0.3, -0.25) is 4.79 Å². The van der Waals surface area contributed by atoms with Crippen molar-refractivity contribution in [1.29, 1.82) is 0 Å². The fourth-order valence-corrected chi connectivity index (χ4v) is 3.47. The Kier molecular flexibility index (Phi) is 3.96. The van der Waals surface area contributed by atoms with Gasteiger partial charge in [0.1, 0.15) is 17.5 Å². The zero-order valence-electron chi connectivity index (χ0n) is 14.6. The molecule has 3 aromatic rings. The van der Waals surface area contributed by atoms with Gasteiger partial charge in [-0.25, -0.2) is 0 Å². The quantitative estimate of drug-likeness (QED) is 0.782. The molecule has 2 heterocycles. The van der Waals surface area contributed by atoms with Crippen LogP contribution >= 0.6 is 0 Å². The molecule has 1 aliphatic heterocycles. The fourth-order valence-electron chi connectivity index (χ4n) is 3.47. The van der Waals surface area contributed by atoms with E-state index in [1.807, 2.05) is 42.5 Å². The van der Waals surface area contributed by atoms with Crippen LogP contribution in [0.25, 0.3) is 10.9 Å². The van der Waals surface area contributed by atoms with E-state index < -0.39 is 0 Å². The number of nitrogens with one attached hydrogen (secondary N) is 1. The molecule has 0 saturated heterocycles. The Hall–Kier alpha value is -2.75. The number of nitrogens with zero attached hydrogens (tertiary/aromatic N) is 1. The summed E-state index contributed by atoms with van der Waals surface area (Å²) in [7, 11) is 0. The van der Waals surface area contributed by atoms with Crippen LogP contribution in [-0.2, 0) is 13.1 Å². The first-order chi connectivity index (χ1) is 12.2. The number of aromatic nitrogens is 1. The first-order valence-electron chi connectivity index (χ1n) is 8.79. The molecule has 0 aliphatic carbocycles. The van der Waals surface area contributed by atoms with Crippen LogP contribution in [0.4, 0.5) is 0 Å². The summed E-state index contributed by atoms with van der Waals surface area (Å²) in [6.45, 7) is 5.42. The zero-order valence-corrected chi connectivity index (χ0v) is 14.6. The van der Waals surface area contributed by atoms with Crippen LogP contribution in [0.15, 0.2) is 48.5 Å². The van der Waals surface area contributed by atoms with Crippen molar-refractivity contribution in [2.45, 2.75) is 39.5 Å². The monoisotopic (exact) mass is 334 g/mol. The van der Waals surface area contributed by atoms with Gasteiger partial charge in [-0.15, -0.1) is 0 Å². The van der Waals surface area contributed by atoms with Crippen molar-refractivity contribution in [3.05, 3.63) is 65.4 Å². The summed E-state index contributed by atoms with van der Waals surface area (Å²) < 4.78 is 8.15. The summed E-state index contributed by atoms with van der Waals surface area (Å²) in [5.74, 6) is 0.829. The van der Waals surface area contributed by atoms with E-state index in [-0.39, 0.29) is 12.0 Å². The van der Waals surface area contributed by atoms with Gasteiger partial charge in [0, 0.05) is 11.9 Å². The van der Waals surface area contributed by atoms with Crippen molar-refractivity contribution in [3.63, 3.8) is 0 Å². The number of ether oxygens (including phenoxy) is 1. The highest BCUT2D eigenvalue weighted by molar-refractivity contribution is 6.00. The van der Waals surface area contributed by atoms with Gasteiger partial charge in [-0.05, 0) is 36.6 Å². The predicted octanol–water partition coefficient (Wildman–Crippen LogP) is 4.05. The van der Waals surface area contributed by atoms with Crippen molar-refractivity contribution in [2.24, 2.45) is 0 Å². The molecular weight excluding hydrogens is 312 g/mol. The number of benzene rings is 2. The third-order valence-electron chi connectivity index (χ3n) is 4.95. The van der Waals surface area contributed by atoms with Gasteiger partial charge in [-0.1, -0.05) is 43.3 Å². The van der Waals surface area contributed by atoms with Gasteiger partial charge in [0.05, 0.1) is 12.1 Å². The number of aryl methyl sites for hydroxylation is 1. The molecular formula is C21H22N2O2. The molecule has 0 bridgehead atoms. The highest BCUT2D eigenvalue weighted by Crippen LogP contribution is 2.34. The molecule has 0 radical (unpaired) electrons. The average Bonchev–Trinajstić information content (AvgIpc) is 3.01. The van der Waals surface area contributed by atoms with E-state index in [9.17, 15) is 4.79 Å². The molecule has 25 heavy (non-hydrogen) atoms. The predicted molar refractivity (Wildman–Crippen MR) is 99.0 cm³/mol. The van der Waals surface area contributed by atoms with E-state index in [1.165, 1.54) is 5.56 Å². The molecule has 0 unspecified atom stereocenters. The number of amides is 1. The molecule has 1 amide bonds. The van der Waals surface area contributed by atoms with Crippen molar-refractivity contribution < 1.29 is 9.53 Å². The summed E-state index contributed by atoms with van der Waals surface area (Å²) >= 11 is 0. The van der Waals surface area contributed by atoms with Gasteiger partial charge in [-0.2, -0.15) is 0 Å². The van der Waals surface area contributed by atoms with Crippen LogP contribution in [0.1, 0.15) is 35.0 Å². The van der Waals surface area contributed by atoms with Gasteiger partial charge in [0.25, 0.3) is 5.91 Å². The topological polar surface area (TPSA) is 43.3 Å². The second-order valence-corrected chi connectivity index (χ2v) is 6.59. The average molecular weight is 334 g/mol. The van der Waals surface area contributed by atoms with Crippen LogP contribution in [0.2, 0.25) is 0 Å². The second kappa shape index (κ2) is 6.28. The van der Waals surface area contributed by atoms with Crippen LogP contribution in [0, 0.1) is 6.92 Å². The third-order valence-corrected chi connectivity index (χ3v) is 4.95. The SMILES string of the molecule is CC[C@H]1Cn2c(C(=O)NCc3ccccc3C)cc3cccc(c32)O1. The minimum absolute atomic E-state index is 0.0397. The van der Waals surface area contributed by atoms with Crippen molar-refractivity contribution >= 4 is 16.8 Å². The fraction of sp³-hybridized carbons (Fsp3) is 0.286. The number of rotatable bonds is 4. The van der Waals surface area contributed by atoms with Gasteiger partial charge < -0.3 is 14.6 Å². The highest BCUT2D eigenvalue weighted by atomic mass is 16.5. The Bertz CT molecular complexity index is 942. The molecule has 1 aliphatic rings. The van der Waals surface area contributed by atoms with Crippen LogP contribution < -0.4 is 10.1 Å². The summed E-state index contributed by atoms with van der Waals surface area (Å²) in [6.07, 6.45) is 1.02. The molecule has 0 fully saturated rings. The number of hydrogen-bond acceptors (Lipinski definition) is 2. The largest absolute Gasteiger partial charge is 0.486 e. The number of carbonyl (C=O) groups is 1. The normalized spacial score (nSPS) is 15.8. The van der Waals surface area contributed by atoms with E-state index >= 15 is 0 Å². The molecule has 2 aromatic carbocycles. The Labute approximate surface area is 147 Å². The molecule has 0 saturated carbocycles. The van der Waals surface area contributed by atoms with Gasteiger partial charge >= 0.3 is 0 Å². The van der Waals surface area contributed by atoms with Crippen LogP contribution in [0.5, 0.6) is 5.75 Å². The smallest absolute Gasteiger partial charge is 0.268 e. The minimum atomic E-state index is -0.0397. The maximum atomic E-state index is 12.8. The molecule has 0 spiro atoms. The molecule has 1 aromatic heterocycles. The van der Waals surface area contributed by atoms with E-state index in [0.717, 1.165) is 28.6 Å². The Balaban J connectivity index is 1.65. The van der Waals surface area contributed by atoms with E-state index in [0.29, 0.717) is 18.8 Å². The summed E-state index contributed by atoms with van der Waals surface area (Å²) in [4.78, 5) is 12.8. The lowest BCUT2D eigenvalue weighted by molar-refractivity contribution is 0.0935. The van der Waals surface area contributed by atoms with E-state index in [4.69, 9.17) is 4.74 Å². The van der Waals surface area contributed by atoms with Crippen molar-refractivity contribution in [1.82, 2.24) is 9.88 Å². The first kappa shape index (κ1) is 15.8. The van der Waals surface area contributed by atoms with E-state index in [1.54, 1.807) is 0 Å². The Morgan fingerprint density at radius 1 is 1.24 bits per heavy atom. The molecule has 1 atom stereocenters. The van der Waals surface area contributed by atoms with Crippen LogP contribution in [-0.4, -0.2) is 16.6 Å². The summed E-state index contributed by atoms with van der Waals surface area (Å²) in [5, 5.41) is 4.12. The van der Waals surface area contributed by atoms with Crippen molar-refractivity contribution in [3.8, 4) is 5.75 Å². The number of hydrogen-bond donors (Lipinski definition) is 1. The molecule has 4 rings (SSSR count). The molecule has 4 heteroatoms. The lowest BCUT2D eigenvalue weighted by atomic mass is 10.1. The molecule has 4 nitrogen and oxygen atoms in total. The zero-order chi connectivity index (χ0) is 17.4. The lowest BCUT2D eigenvalue weighted by Gasteiger charge is -2.26. The lowest BCUT2D eigenvalue weighted by Crippen LogP contribution is -2.31. The summed E-state index contributed by atoms with van der Waals surface area (Å²) in [5.41, 5.74) is 4.05. The summed E-state index contributed by atoms with van der Waals surface area (Å²) in [6, 6.07) is 16.1. The third kappa shape index (κ3) is 2.78. The molecule has 128 valence electrons. The standard InChI is InChI=1S/C21H22N2O2/c1-3-17-13-23-18(11-15-9-6-10-19(25-17)20(15)23)21(24)22-12-16-8-5-4-7-14(16)2/h4-11,17H,3,12-13H2,1-2H3,(H,22,24)/t17-/m0/s1. The Morgan fingerprint density at radius 2 is 2.08 bits per heavy atom. The van der Waals surface area contributed by atoms with Gasteiger partial charge in [0.2, 0.25) is 0 Å². The first-order valence-corrected chi connectivity index (χ1v) is 8.79. The molecule has 1 N–H and O–H groups in total. The van der Waals surface area contributed by atoms with E-state index in [2.05, 4.69) is 29.8 Å². The second-order valence-electron chi connectivity index (χ2n) is 6.59. The highest BCUT2D eigenvalue weighted by Gasteiger charge is 2.25. The maximum Gasteiger partial charge on any atom is 0.268 e. The maximum absolute atomic E-state index is 12.8. The van der Waals surface area contributed by atoms with Crippen LogP contribution in [0.3, 0.4) is 0 Å². The van der Waals surface area contributed by atoms with Crippen molar-refractivity contribution in [2.75, 3.05) is 0 Å². The number of para-hydroxylation sites is 1. The Morgan fingerprint density at radius 3 is 2.88 bits per heavy atom. The minimum Gasteiger partial charge on any atom is -0.486 e. The number of carbonyl (C=O) groups excluding carboxylic acids is 1. The van der Waals surface area contributed by atoms with Gasteiger partial charge in [0.15, 0.2) is 0 Å².